The van der Waals surface area contributed by atoms with Gasteiger partial charge in [0.15, 0.2) is 0 Å². The highest BCUT2D eigenvalue weighted by Gasteiger charge is 2.35. The third-order valence-electron chi connectivity index (χ3n) is 4.42. The minimum Gasteiger partial charge on any atom is -0.354 e. The number of amides is 1. The molecule has 6 nitrogen and oxygen atoms in total. The van der Waals surface area contributed by atoms with E-state index >= 15 is 0 Å². The van der Waals surface area contributed by atoms with E-state index in [1.54, 1.807) is 6.20 Å². The van der Waals surface area contributed by atoms with E-state index in [2.05, 4.69) is 25.1 Å². The quantitative estimate of drug-likeness (QED) is 0.864. The van der Waals surface area contributed by atoms with Gasteiger partial charge in [-0.15, -0.1) is 0 Å². The minimum absolute atomic E-state index is 0.0685. The maximum Gasteiger partial charge on any atom is 0.253 e. The maximum atomic E-state index is 13.2. The number of nitrogens with one attached hydrogen (secondary N) is 1. The number of rotatable bonds is 5. The summed E-state index contributed by atoms with van der Waals surface area (Å²) in [6.07, 6.45) is 3.22. The molecule has 2 atom stereocenters. The molecule has 0 aliphatic carbocycles. The second-order valence-corrected chi connectivity index (χ2v) is 7.11. The summed E-state index contributed by atoms with van der Waals surface area (Å²) in [5.74, 6) is 0.296. The van der Waals surface area contributed by atoms with Crippen molar-refractivity contribution in [1.82, 2.24) is 20.2 Å². The first kappa shape index (κ1) is 18.5. The van der Waals surface area contributed by atoms with Gasteiger partial charge in [-0.2, -0.15) is 0 Å². The third-order valence-corrected chi connectivity index (χ3v) is 4.74. The molecule has 0 radical (unpaired) electrons. The lowest BCUT2D eigenvalue weighted by molar-refractivity contribution is 0.0928. The van der Waals surface area contributed by atoms with Gasteiger partial charge in [0.25, 0.3) is 5.91 Å². The molecule has 0 unspecified atom stereocenters. The maximum absolute atomic E-state index is 13.2. The summed E-state index contributed by atoms with van der Waals surface area (Å²) in [7, 11) is 4.01. The highest BCUT2D eigenvalue weighted by Crippen LogP contribution is 2.24. The Hall–Kier alpha value is -2.25. The van der Waals surface area contributed by atoms with Crippen molar-refractivity contribution in [3.63, 3.8) is 0 Å². The number of aromatic nitrogens is 2. The van der Waals surface area contributed by atoms with Crippen LogP contribution < -0.4 is 10.2 Å². The van der Waals surface area contributed by atoms with Crippen LogP contribution in [0.5, 0.6) is 0 Å². The number of nitrogens with zero attached hydrogens (tertiary/aromatic N) is 4. The molecule has 2 heterocycles. The molecule has 1 aromatic heterocycles. The van der Waals surface area contributed by atoms with Crippen molar-refractivity contribution in [2.24, 2.45) is 5.92 Å². The van der Waals surface area contributed by atoms with E-state index in [9.17, 15) is 9.18 Å². The van der Waals surface area contributed by atoms with Gasteiger partial charge >= 0.3 is 0 Å². The SMILES string of the molecule is CN(C)C[C@@H]1CN(c2ccncn2)C[C@H]1NC(=O)c1ccc(F)cc1Cl. The van der Waals surface area contributed by atoms with Crippen molar-refractivity contribution >= 4 is 23.3 Å². The van der Waals surface area contributed by atoms with E-state index in [4.69, 9.17) is 11.6 Å². The number of benzene rings is 1. The van der Waals surface area contributed by atoms with Crippen molar-refractivity contribution in [1.29, 1.82) is 0 Å². The Labute approximate surface area is 157 Å². The molecule has 2 aromatic rings. The first-order valence-electron chi connectivity index (χ1n) is 8.35. The van der Waals surface area contributed by atoms with Gasteiger partial charge in [-0.25, -0.2) is 14.4 Å². The smallest absolute Gasteiger partial charge is 0.253 e. The fraction of sp³-hybridized carbons (Fsp3) is 0.389. The van der Waals surface area contributed by atoms with E-state index in [1.807, 2.05) is 20.2 Å². The van der Waals surface area contributed by atoms with Crippen molar-refractivity contribution in [3.8, 4) is 0 Å². The second-order valence-electron chi connectivity index (χ2n) is 6.70. The fourth-order valence-corrected chi connectivity index (χ4v) is 3.52. The Morgan fingerprint density at radius 1 is 1.38 bits per heavy atom. The summed E-state index contributed by atoms with van der Waals surface area (Å²) in [5, 5.41) is 3.16. The van der Waals surface area contributed by atoms with Crippen LogP contribution in [0.3, 0.4) is 0 Å². The zero-order valence-corrected chi connectivity index (χ0v) is 15.4. The van der Waals surface area contributed by atoms with Crippen LogP contribution in [0.4, 0.5) is 10.2 Å². The van der Waals surface area contributed by atoms with Crippen molar-refractivity contribution < 1.29 is 9.18 Å². The first-order chi connectivity index (χ1) is 12.4. The van der Waals surface area contributed by atoms with Gasteiger partial charge in [0, 0.05) is 31.7 Å². The van der Waals surface area contributed by atoms with E-state index < -0.39 is 5.82 Å². The summed E-state index contributed by atoms with van der Waals surface area (Å²) in [5.41, 5.74) is 0.275. The molecular formula is C18H21ClFN5O. The zero-order chi connectivity index (χ0) is 18.7. The number of hydrogen-bond acceptors (Lipinski definition) is 5. The number of hydrogen-bond donors (Lipinski definition) is 1. The van der Waals surface area contributed by atoms with Crippen LogP contribution in [0.2, 0.25) is 5.02 Å². The van der Waals surface area contributed by atoms with Gasteiger partial charge in [-0.05, 0) is 38.4 Å². The standard InChI is InChI=1S/C18H21ClFN5O/c1-24(2)8-12-9-25(17-5-6-21-11-22-17)10-16(12)23-18(26)14-4-3-13(20)7-15(14)19/h3-7,11-12,16H,8-10H2,1-2H3,(H,23,26)/t12-,16-/m1/s1. The summed E-state index contributed by atoms with van der Waals surface area (Å²) in [6, 6.07) is 5.58. The largest absolute Gasteiger partial charge is 0.354 e. The number of anilines is 1. The zero-order valence-electron chi connectivity index (χ0n) is 14.7. The predicted octanol–water partition coefficient (Wildman–Crippen LogP) is 2.07. The Kier molecular flexibility index (Phi) is 5.68. The van der Waals surface area contributed by atoms with Crippen molar-refractivity contribution in [3.05, 3.63) is 53.2 Å². The molecule has 1 aliphatic rings. The van der Waals surface area contributed by atoms with Crippen molar-refractivity contribution in [2.75, 3.05) is 38.6 Å². The Balaban J connectivity index is 1.76. The molecule has 1 saturated heterocycles. The summed E-state index contributed by atoms with van der Waals surface area (Å²) in [4.78, 5) is 25.1. The van der Waals surface area contributed by atoms with Crippen LogP contribution in [0, 0.1) is 11.7 Å². The number of carbonyl (C=O) groups is 1. The Morgan fingerprint density at radius 2 is 2.19 bits per heavy atom. The first-order valence-corrected chi connectivity index (χ1v) is 8.73. The Bertz CT molecular complexity index is 773. The molecule has 1 N–H and O–H groups in total. The second kappa shape index (κ2) is 7.97. The van der Waals surface area contributed by atoms with Crippen LogP contribution in [0.1, 0.15) is 10.4 Å². The van der Waals surface area contributed by atoms with E-state index in [-0.39, 0.29) is 28.5 Å². The Morgan fingerprint density at radius 3 is 2.85 bits per heavy atom. The molecule has 3 rings (SSSR count). The van der Waals surface area contributed by atoms with Crippen molar-refractivity contribution in [2.45, 2.75) is 6.04 Å². The highest BCUT2D eigenvalue weighted by atomic mass is 35.5. The predicted molar refractivity (Wildman–Crippen MR) is 99.0 cm³/mol. The molecule has 8 heteroatoms. The summed E-state index contributed by atoms with van der Waals surface area (Å²) in [6.45, 7) is 2.24. The molecule has 0 bridgehead atoms. The topological polar surface area (TPSA) is 61.4 Å². The number of carbonyl (C=O) groups excluding carboxylic acids is 1. The molecular weight excluding hydrogens is 357 g/mol. The highest BCUT2D eigenvalue weighted by molar-refractivity contribution is 6.33. The molecule has 1 aromatic carbocycles. The monoisotopic (exact) mass is 377 g/mol. The van der Waals surface area contributed by atoms with E-state index in [0.29, 0.717) is 6.54 Å². The lowest BCUT2D eigenvalue weighted by atomic mass is 10.0. The molecule has 1 aliphatic heterocycles. The van der Waals surface area contributed by atoms with Crippen LogP contribution in [0.15, 0.2) is 36.8 Å². The molecule has 1 fully saturated rings. The average Bonchev–Trinajstić information content (AvgIpc) is 2.97. The van der Waals surface area contributed by atoms with Crippen LogP contribution in [-0.2, 0) is 0 Å². The summed E-state index contributed by atoms with van der Waals surface area (Å²) >= 11 is 6.02. The van der Waals surface area contributed by atoms with Crippen LogP contribution >= 0.6 is 11.6 Å². The lowest BCUT2D eigenvalue weighted by Crippen LogP contribution is -2.43. The minimum atomic E-state index is -0.465. The third kappa shape index (κ3) is 4.28. The van der Waals surface area contributed by atoms with E-state index in [1.165, 1.54) is 18.5 Å². The van der Waals surface area contributed by atoms with Gasteiger partial charge in [-0.3, -0.25) is 4.79 Å². The average molecular weight is 378 g/mol. The molecule has 26 heavy (non-hydrogen) atoms. The van der Waals surface area contributed by atoms with Gasteiger partial charge < -0.3 is 15.1 Å². The molecule has 0 saturated carbocycles. The fourth-order valence-electron chi connectivity index (χ4n) is 3.27. The van der Waals surface area contributed by atoms with Crippen LogP contribution in [-0.4, -0.2) is 60.5 Å². The van der Waals surface area contributed by atoms with Gasteiger partial charge in [0.05, 0.1) is 16.6 Å². The molecule has 0 spiro atoms. The normalized spacial score (nSPS) is 19.8. The number of halogens is 2. The summed E-state index contributed by atoms with van der Waals surface area (Å²) < 4.78 is 13.2. The van der Waals surface area contributed by atoms with Gasteiger partial charge in [0.1, 0.15) is 18.0 Å². The van der Waals surface area contributed by atoms with Crippen LogP contribution in [0.25, 0.3) is 0 Å². The lowest BCUT2D eigenvalue weighted by Gasteiger charge is -2.22. The molecule has 138 valence electrons. The molecule has 1 amide bonds. The van der Waals surface area contributed by atoms with Gasteiger partial charge in [0.2, 0.25) is 0 Å². The van der Waals surface area contributed by atoms with E-state index in [0.717, 1.165) is 25.0 Å². The van der Waals surface area contributed by atoms with Gasteiger partial charge in [-0.1, -0.05) is 11.6 Å².